The fourth-order valence-electron chi connectivity index (χ4n) is 7.03. The van der Waals surface area contributed by atoms with Gasteiger partial charge in [-0.15, -0.1) is 11.8 Å². The number of halogens is 1. The van der Waals surface area contributed by atoms with E-state index in [0.717, 1.165) is 50.2 Å². The van der Waals surface area contributed by atoms with Crippen LogP contribution < -0.4 is 5.32 Å². The van der Waals surface area contributed by atoms with E-state index in [1.54, 1.807) is 23.9 Å². The van der Waals surface area contributed by atoms with E-state index >= 15 is 0 Å². The quantitative estimate of drug-likeness (QED) is 0.132. The maximum absolute atomic E-state index is 14.3. The number of benzene rings is 5. The van der Waals surface area contributed by atoms with Gasteiger partial charge in [-0.25, -0.2) is 4.39 Å². The summed E-state index contributed by atoms with van der Waals surface area (Å²) in [4.78, 5) is 3.54. The standard InChI is InChI=1S/C43H34FN3S/c1-48-38-24-19-32(20-25-38)41-27-45-42-26-21-33(28-47(41)42)40-30-46(29-39(40)31-17-22-37(44)23-18-31)43(34-11-5-2-6-12-34,35-13-7-3-8-14-35)36-15-9-4-10-16-36/h2-30,42,45H,1H3. The van der Waals surface area contributed by atoms with Gasteiger partial charge < -0.3 is 14.8 Å². The van der Waals surface area contributed by atoms with Gasteiger partial charge in [0.25, 0.3) is 0 Å². The number of aromatic nitrogens is 1. The molecule has 3 nitrogen and oxygen atoms in total. The topological polar surface area (TPSA) is 20.2 Å². The normalized spacial score (nSPS) is 15.5. The minimum absolute atomic E-state index is 0.0254. The highest BCUT2D eigenvalue weighted by atomic mass is 32.2. The van der Waals surface area contributed by atoms with E-state index < -0.39 is 5.54 Å². The van der Waals surface area contributed by atoms with Crippen LogP contribution >= 0.6 is 11.8 Å². The third-order valence-electron chi connectivity index (χ3n) is 9.35. The average Bonchev–Trinajstić information content (AvgIpc) is 3.79. The molecule has 3 heterocycles. The average molecular weight is 644 g/mol. The summed E-state index contributed by atoms with van der Waals surface area (Å²) < 4.78 is 16.6. The Morgan fingerprint density at radius 3 is 1.75 bits per heavy atom. The second kappa shape index (κ2) is 12.6. The lowest BCUT2D eigenvalue weighted by Crippen LogP contribution is -2.37. The molecule has 5 aromatic carbocycles. The summed E-state index contributed by atoms with van der Waals surface area (Å²) in [6, 6.07) is 47.6. The maximum atomic E-state index is 14.3. The number of nitrogens with one attached hydrogen (secondary N) is 1. The van der Waals surface area contributed by atoms with Crippen LogP contribution in [-0.2, 0) is 5.54 Å². The highest BCUT2D eigenvalue weighted by molar-refractivity contribution is 7.98. The first-order valence-corrected chi connectivity index (χ1v) is 17.3. The molecule has 1 unspecified atom stereocenters. The van der Waals surface area contributed by atoms with Gasteiger partial charge in [-0.3, -0.25) is 0 Å². The molecule has 1 aromatic heterocycles. The maximum Gasteiger partial charge on any atom is 0.123 e. The van der Waals surface area contributed by atoms with Gasteiger partial charge in [0.05, 0.1) is 5.70 Å². The molecular weight excluding hydrogens is 610 g/mol. The van der Waals surface area contributed by atoms with Crippen molar-refractivity contribution >= 4 is 23.0 Å². The highest BCUT2D eigenvalue weighted by Gasteiger charge is 2.39. The molecule has 6 aromatic rings. The summed E-state index contributed by atoms with van der Waals surface area (Å²) in [7, 11) is 0. The number of fused-ring (bicyclic) bond motifs is 1. The fourth-order valence-corrected chi connectivity index (χ4v) is 7.44. The number of hydrogen-bond acceptors (Lipinski definition) is 3. The van der Waals surface area contributed by atoms with Crippen LogP contribution in [0.25, 0.3) is 22.4 Å². The Balaban J connectivity index is 1.35. The first-order chi connectivity index (χ1) is 23.6. The Morgan fingerprint density at radius 1 is 0.646 bits per heavy atom. The molecule has 234 valence electrons. The Morgan fingerprint density at radius 2 is 1.19 bits per heavy atom. The lowest BCUT2D eigenvalue weighted by molar-refractivity contribution is 0.443. The zero-order valence-corrected chi connectivity index (χ0v) is 27.3. The summed E-state index contributed by atoms with van der Waals surface area (Å²) in [6.45, 7) is 0. The Hall–Kier alpha value is -5.52. The van der Waals surface area contributed by atoms with Crippen LogP contribution in [-0.4, -0.2) is 21.9 Å². The molecular formula is C43H34FN3S. The van der Waals surface area contributed by atoms with Crippen molar-refractivity contribution < 1.29 is 4.39 Å². The van der Waals surface area contributed by atoms with Gasteiger partial charge in [-0.05, 0) is 70.0 Å². The zero-order chi connectivity index (χ0) is 32.5. The third-order valence-corrected chi connectivity index (χ3v) is 10.1. The molecule has 1 atom stereocenters. The van der Waals surface area contributed by atoms with Crippen molar-refractivity contribution in [2.45, 2.75) is 16.6 Å². The van der Waals surface area contributed by atoms with Gasteiger partial charge in [-0.2, -0.15) is 0 Å². The van der Waals surface area contributed by atoms with Crippen LogP contribution in [0.4, 0.5) is 4.39 Å². The minimum Gasteiger partial charge on any atom is -0.366 e. The predicted octanol–water partition coefficient (Wildman–Crippen LogP) is 10.00. The van der Waals surface area contributed by atoms with Crippen molar-refractivity contribution in [3.63, 3.8) is 0 Å². The Kier molecular flexibility index (Phi) is 7.83. The molecule has 48 heavy (non-hydrogen) atoms. The SMILES string of the molecule is CSc1ccc(C2=CNC3C=CC(c4cn(C(c5ccccc5)(c5ccccc5)c5ccccc5)cc4-c4ccc(F)cc4)=CN23)cc1. The highest BCUT2D eigenvalue weighted by Crippen LogP contribution is 2.45. The van der Waals surface area contributed by atoms with E-state index in [-0.39, 0.29) is 12.0 Å². The van der Waals surface area contributed by atoms with Gasteiger partial charge in [0.15, 0.2) is 0 Å². The van der Waals surface area contributed by atoms with E-state index in [1.807, 2.05) is 12.1 Å². The second-order valence-corrected chi connectivity index (χ2v) is 12.9. The monoisotopic (exact) mass is 643 g/mol. The van der Waals surface area contributed by atoms with E-state index in [4.69, 9.17) is 0 Å². The summed E-state index contributed by atoms with van der Waals surface area (Å²) in [5, 5.41) is 3.53. The van der Waals surface area contributed by atoms with Crippen molar-refractivity contribution in [1.29, 1.82) is 0 Å². The van der Waals surface area contributed by atoms with Crippen LogP contribution in [0.3, 0.4) is 0 Å². The predicted molar refractivity (Wildman–Crippen MR) is 197 cm³/mol. The van der Waals surface area contributed by atoms with Crippen molar-refractivity contribution in [3.8, 4) is 11.1 Å². The van der Waals surface area contributed by atoms with Gasteiger partial charge in [0.2, 0.25) is 0 Å². The summed E-state index contributed by atoms with van der Waals surface area (Å²) >= 11 is 1.74. The van der Waals surface area contributed by atoms with Crippen molar-refractivity contribution in [3.05, 3.63) is 210 Å². The largest absolute Gasteiger partial charge is 0.366 e. The van der Waals surface area contributed by atoms with Crippen LogP contribution in [0.2, 0.25) is 0 Å². The molecule has 1 N–H and O–H groups in total. The molecule has 2 aliphatic rings. The Bertz CT molecular complexity index is 2040. The van der Waals surface area contributed by atoms with E-state index in [1.165, 1.54) is 4.90 Å². The fraction of sp³-hybridized carbons (Fsp3) is 0.0698. The van der Waals surface area contributed by atoms with E-state index in [9.17, 15) is 4.39 Å². The molecule has 0 amide bonds. The molecule has 0 saturated carbocycles. The van der Waals surface area contributed by atoms with E-state index in [0.29, 0.717) is 0 Å². The summed E-state index contributed by atoms with van der Waals surface area (Å²) in [5.74, 6) is -0.253. The van der Waals surface area contributed by atoms with Gasteiger partial charge in [0, 0.05) is 40.8 Å². The lowest BCUT2D eigenvalue weighted by Gasteiger charge is -2.38. The summed E-state index contributed by atoms with van der Waals surface area (Å²) in [5.41, 5.74) is 9.13. The van der Waals surface area contributed by atoms with Crippen LogP contribution in [0.5, 0.6) is 0 Å². The third kappa shape index (κ3) is 5.17. The van der Waals surface area contributed by atoms with Crippen molar-refractivity contribution in [1.82, 2.24) is 14.8 Å². The molecule has 5 heteroatoms. The van der Waals surface area contributed by atoms with Gasteiger partial charge in [-0.1, -0.05) is 121 Å². The molecule has 2 aliphatic heterocycles. The van der Waals surface area contributed by atoms with Crippen molar-refractivity contribution in [2.24, 2.45) is 0 Å². The van der Waals surface area contributed by atoms with Gasteiger partial charge in [0.1, 0.15) is 17.5 Å². The molecule has 0 saturated heterocycles. The van der Waals surface area contributed by atoms with Crippen molar-refractivity contribution in [2.75, 3.05) is 6.26 Å². The summed E-state index contributed by atoms with van der Waals surface area (Å²) in [6.07, 6.45) is 15.4. The molecule has 0 spiro atoms. The lowest BCUT2D eigenvalue weighted by atomic mass is 9.76. The minimum atomic E-state index is -0.683. The Labute approximate surface area is 285 Å². The van der Waals surface area contributed by atoms with Crippen LogP contribution in [0, 0.1) is 5.82 Å². The first-order valence-electron chi connectivity index (χ1n) is 16.1. The van der Waals surface area contributed by atoms with E-state index in [2.05, 4.69) is 173 Å². The number of hydrogen-bond donors (Lipinski definition) is 1. The second-order valence-electron chi connectivity index (χ2n) is 12.0. The first kappa shape index (κ1) is 29.9. The molecule has 0 fully saturated rings. The smallest absolute Gasteiger partial charge is 0.123 e. The number of allylic oxidation sites excluding steroid dienone is 2. The molecule has 0 bridgehead atoms. The number of nitrogens with zero attached hydrogens (tertiary/aromatic N) is 2. The molecule has 0 aliphatic carbocycles. The zero-order valence-electron chi connectivity index (χ0n) is 26.5. The molecule has 0 radical (unpaired) electrons. The van der Waals surface area contributed by atoms with Gasteiger partial charge >= 0.3 is 0 Å². The number of thioether (sulfide) groups is 1. The number of rotatable bonds is 8. The molecule has 8 rings (SSSR count). The van der Waals surface area contributed by atoms with Crippen LogP contribution in [0.15, 0.2) is 181 Å². The van der Waals surface area contributed by atoms with Crippen LogP contribution in [0.1, 0.15) is 27.8 Å².